The van der Waals surface area contributed by atoms with Crippen LogP contribution in [-0.4, -0.2) is 26.2 Å². The third-order valence-electron chi connectivity index (χ3n) is 4.11. The number of nitrogens with zero attached hydrogens (tertiary/aromatic N) is 4. The predicted octanol–water partition coefficient (Wildman–Crippen LogP) is 2.75. The van der Waals surface area contributed by atoms with Crippen molar-refractivity contribution in [3.05, 3.63) is 17.6 Å². The van der Waals surface area contributed by atoms with Crippen LogP contribution in [0.4, 0.5) is 5.82 Å². The van der Waals surface area contributed by atoms with Crippen LogP contribution in [0.25, 0.3) is 22.2 Å². The quantitative estimate of drug-likeness (QED) is 0.770. The van der Waals surface area contributed by atoms with Gasteiger partial charge >= 0.3 is 0 Å². The summed E-state index contributed by atoms with van der Waals surface area (Å²) in [6.07, 6.45) is 5.22. The molecule has 20 heavy (non-hydrogen) atoms. The van der Waals surface area contributed by atoms with Gasteiger partial charge in [-0.3, -0.25) is 0 Å². The number of aryl methyl sites for hydroxylation is 2. The minimum Gasteiger partial charge on any atom is -0.431 e. The van der Waals surface area contributed by atoms with Crippen LogP contribution >= 0.6 is 0 Å². The van der Waals surface area contributed by atoms with Gasteiger partial charge in [-0.15, -0.1) is 5.10 Å². The highest BCUT2D eigenvalue weighted by Crippen LogP contribution is 2.33. The van der Waals surface area contributed by atoms with Crippen molar-refractivity contribution in [1.29, 1.82) is 0 Å². The molecule has 1 aliphatic rings. The third kappa shape index (κ3) is 1.57. The maximum absolute atomic E-state index is 5.83. The van der Waals surface area contributed by atoms with Crippen molar-refractivity contribution in [3.8, 4) is 0 Å². The molecular weight excluding hydrogens is 254 g/mol. The topological polar surface area (TPSA) is 76.7 Å². The molecule has 1 fully saturated rings. The third-order valence-corrected chi connectivity index (χ3v) is 4.11. The number of hydrogen-bond acceptors (Lipinski definition) is 6. The molecule has 0 aliphatic heterocycles. The number of anilines is 1. The summed E-state index contributed by atoms with van der Waals surface area (Å²) in [7, 11) is 0. The first kappa shape index (κ1) is 11.6. The van der Waals surface area contributed by atoms with Gasteiger partial charge in [0.15, 0.2) is 11.4 Å². The molecule has 4 rings (SSSR count). The van der Waals surface area contributed by atoms with Crippen molar-refractivity contribution in [1.82, 2.24) is 20.2 Å². The molecule has 0 spiro atoms. The zero-order chi connectivity index (χ0) is 13.7. The molecule has 3 aromatic heterocycles. The lowest BCUT2D eigenvalue weighted by Crippen LogP contribution is -2.27. The summed E-state index contributed by atoms with van der Waals surface area (Å²) in [6.45, 7) is 3.96. The number of fused-ring (bicyclic) bond motifs is 3. The average Bonchev–Trinajstić information content (AvgIpc) is 2.78. The highest BCUT2D eigenvalue weighted by Gasteiger charge is 2.22. The highest BCUT2D eigenvalue weighted by atomic mass is 16.3. The standard InChI is InChI=1S/C14H15N5O/c1-7-8(2)18-19-14-10(7)11-12(20-14)13(16-6-15-11)17-9-4-3-5-9/h6,9H,3-5H2,1-2H3,(H,15,16,17). The molecule has 3 heterocycles. The molecule has 3 aromatic rings. The van der Waals surface area contributed by atoms with Gasteiger partial charge in [0.05, 0.1) is 11.1 Å². The maximum Gasteiger partial charge on any atom is 0.249 e. The Labute approximate surface area is 115 Å². The molecule has 0 bridgehead atoms. The molecule has 102 valence electrons. The zero-order valence-electron chi connectivity index (χ0n) is 11.5. The first-order valence-corrected chi connectivity index (χ1v) is 6.87. The van der Waals surface area contributed by atoms with E-state index in [9.17, 15) is 0 Å². The minimum atomic E-state index is 0.496. The van der Waals surface area contributed by atoms with Gasteiger partial charge in [-0.2, -0.15) is 5.10 Å². The molecular formula is C14H15N5O. The van der Waals surface area contributed by atoms with Gasteiger partial charge in [0, 0.05) is 6.04 Å². The van der Waals surface area contributed by atoms with Gasteiger partial charge < -0.3 is 9.73 Å². The average molecular weight is 269 g/mol. The van der Waals surface area contributed by atoms with Gasteiger partial charge in [-0.05, 0) is 38.7 Å². The lowest BCUT2D eigenvalue weighted by atomic mass is 9.93. The Balaban J connectivity index is 1.96. The van der Waals surface area contributed by atoms with Crippen molar-refractivity contribution >= 4 is 28.0 Å². The van der Waals surface area contributed by atoms with E-state index in [0.717, 1.165) is 28.0 Å². The highest BCUT2D eigenvalue weighted by molar-refractivity contribution is 6.05. The van der Waals surface area contributed by atoms with Gasteiger partial charge in [-0.1, -0.05) is 0 Å². The Morgan fingerprint density at radius 2 is 2.05 bits per heavy atom. The largest absolute Gasteiger partial charge is 0.431 e. The second-order valence-electron chi connectivity index (χ2n) is 5.36. The molecule has 0 radical (unpaired) electrons. The van der Waals surface area contributed by atoms with Crippen LogP contribution in [-0.2, 0) is 0 Å². The van der Waals surface area contributed by atoms with E-state index in [1.807, 2.05) is 13.8 Å². The maximum atomic E-state index is 5.83. The van der Waals surface area contributed by atoms with Gasteiger partial charge in [0.25, 0.3) is 0 Å². The Morgan fingerprint density at radius 1 is 1.20 bits per heavy atom. The van der Waals surface area contributed by atoms with Crippen LogP contribution in [0.5, 0.6) is 0 Å². The fourth-order valence-electron chi connectivity index (χ4n) is 2.53. The first-order valence-electron chi connectivity index (χ1n) is 6.87. The van der Waals surface area contributed by atoms with Crippen LogP contribution in [0.15, 0.2) is 10.7 Å². The number of hydrogen-bond donors (Lipinski definition) is 1. The van der Waals surface area contributed by atoms with Crippen LogP contribution in [0, 0.1) is 13.8 Å². The van der Waals surface area contributed by atoms with Crippen LogP contribution in [0.2, 0.25) is 0 Å². The summed E-state index contributed by atoms with van der Waals surface area (Å²) in [4.78, 5) is 8.68. The summed E-state index contributed by atoms with van der Waals surface area (Å²) in [5.74, 6) is 0.759. The molecule has 6 heteroatoms. The van der Waals surface area contributed by atoms with E-state index in [1.165, 1.54) is 19.3 Å². The number of nitrogens with one attached hydrogen (secondary N) is 1. The van der Waals surface area contributed by atoms with Gasteiger partial charge in [0.2, 0.25) is 5.71 Å². The van der Waals surface area contributed by atoms with Crippen molar-refractivity contribution in [3.63, 3.8) is 0 Å². The second-order valence-corrected chi connectivity index (χ2v) is 5.36. The first-order chi connectivity index (χ1) is 9.74. The molecule has 1 saturated carbocycles. The number of furan rings is 1. The lowest BCUT2D eigenvalue weighted by molar-refractivity contribution is 0.444. The van der Waals surface area contributed by atoms with Crippen molar-refractivity contribution in [2.45, 2.75) is 39.2 Å². The van der Waals surface area contributed by atoms with Crippen LogP contribution in [0.1, 0.15) is 30.5 Å². The Hall–Kier alpha value is -2.24. The molecule has 6 nitrogen and oxygen atoms in total. The van der Waals surface area contributed by atoms with E-state index in [-0.39, 0.29) is 0 Å². The van der Waals surface area contributed by atoms with Crippen LogP contribution < -0.4 is 5.32 Å². The number of aromatic nitrogens is 4. The summed E-state index contributed by atoms with van der Waals surface area (Å²) < 4.78 is 5.83. The van der Waals surface area contributed by atoms with E-state index in [0.29, 0.717) is 17.3 Å². The second kappa shape index (κ2) is 4.13. The summed E-state index contributed by atoms with van der Waals surface area (Å²) >= 11 is 0. The summed E-state index contributed by atoms with van der Waals surface area (Å²) in [5, 5.41) is 12.6. The van der Waals surface area contributed by atoms with E-state index in [2.05, 4.69) is 25.5 Å². The SMILES string of the molecule is Cc1nnc2oc3c(NC4CCC4)ncnc3c2c1C. The normalized spacial score (nSPS) is 15.7. The molecule has 0 amide bonds. The van der Waals surface area contributed by atoms with Crippen LogP contribution in [0.3, 0.4) is 0 Å². The summed E-state index contributed by atoms with van der Waals surface area (Å²) in [5.41, 5.74) is 3.97. The summed E-state index contributed by atoms with van der Waals surface area (Å²) in [6, 6.07) is 0.496. The molecule has 1 aliphatic carbocycles. The van der Waals surface area contributed by atoms with Gasteiger partial charge in [-0.25, -0.2) is 9.97 Å². The molecule has 0 aromatic carbocycles. The van der Waals surface area contributed by atoms with Crippen molar-refractivity contribution in [2.24, 2.45) is 0 Å². The van der Waals surface area contributed by atoms with Crippen molar-refractivity contribution < 1.29 is 4.42 Å². The Bertz CT molecular complexity index is 806. The van der Waals surface area contributed by atoms with Gasteiger partial charge in [0.1, 0.15) is 11.8 Å². The Morgan fingerprint density at radius 3 is 2.80 bits per heavy atom. The fraction of sp³-hybridized carbons (Fsp3) is 0.429. The smallest absolute Gasteiger partial charge is 0.249 e. The van der Waals surface area contributed by atoms with E-state index in [4.69, 9.17) is 4.42 Å². The lowest BCUT2D eigenvalue weighted by Gasteiger charge is -2.26. The fourth-order valence-corrected chi connectivity index (χ4v) is 2.53. The zero-order valence-corrected chi connectivity index (χ0v) is 11.5. The monoisotopic (exact) mass is 269 g/mol. The van der Waals surface area contributed by atoms with Crippen molar-refractivity contribution in [2.75, 3.05) is 5.32 Å². The van der Waals surface area contributed by atoms with E-state index in [1.54, 1.807) is 6.33 Å². The molecule has 0 unspecified atom stereocenters. The van der Waals surface area contributed by atoms with E-state index >= 15 is 0 Å². The Kier molecular flexibility index (Phi) is 2.39. The predicted molar refractivity (Wildman–Crippen MR) is 75.6 cm³/mol. The molecule has 1 N–H and O–H groups in total. The number of rotatable bonds is 2. The van der Waals surface area contributed by atoms with E-state index < -0.39 is 0 Å². The molecule has 0 saturated heterocycles. The minimum absolute atomic E-state index is 0.496. The molecule has 0 atom stereocenters.